The summed E-state index contributed by atoms with van der Waals surface area (Å²) in [7, 11) is 3.37. The molecule has 0 aromatic heterocycles. The molecule has 1 heterocycles. The first-order chi connectivity index (χ1) is 6.30. The van der Waals surface area contributed by atoms with E-state index >= 15 is 0 Å². The molecule has 0 aliphatic carbocycles. The van der Waals surface area contributed by atoms with Gasteiger partial charge in [-0.05, 0) is 6.42 Å². The van der Waals surface area contributed by atoms with E-state index in [1.54, 1.807) is 14.2 Å². The highest BCUT2D eigenvalue weighted by atomic mass is 32.2. The predicted octanol–water partition coefficient (Wildman–Crippen LogP) is 1.44. The average molecular weight is 205 g/mol. The molecule has 0 spiro atoms. The van der Waals surface area contributed by atoms with Crippen LogP contribution in [-0.2, 0) is 9.47 Å². The number of thioether (sulfide) groups is 1. The Morgan fingerprint density at radius 2 is 2.15 bits per heavy atom. The van der Waals surface area contributed by atoms with Crippen LogP contribution in [0.15, 0.2) is 0 Å². The first-order valence-corrected chi connectivity index (χ1v) is 5.78. The van der Waals surface area contributed by atoms with Gasteiger partial charge >= 0.3 is 0 Å². The minimum atomic E-state index is -0.0689. The van der Waals surface area contributed by atoms with Crippen LogP contribution in [0.4, 0.5) is 0 Å². The standard InChI is InChI=1S/C9H19NO2S/c1-4-7-6-13-8(10-7)5-9(11-2)12-3/h7-10H,4-6H2,1-3H3. The van der Waals surface area contributed by atoms with Gasteiger partial charge in [-0.2, -0.15) is 0 Å². The molecule has 0 radical (unpaired) electrons. The lowest BCUT2D eigenvalue weighted by molar-refractivity contribution is -0.106. The Labute approximate surface area is 84.6 Å². The van der Waals surface area contributed by atoms with Crippen LogP contribution in [-0.4, -0.2) is 37.7 Å². The molecule has 4 heteroatoms. The average Bonchev–Trinajstić information content (AvgIpc) is 2.61. The van der Waals surface area contributed by atoms with E-state index in [0.717, 1.165) is 6.42 Å². The summed E-state index contributed by atoms with van der Waals surface area (Å²) in [6, 6.07) is 0.671. The number of nitrogens with one attached hydrogen (secondary N) is 1. The maximum absolute atomic E-state index is 5.15. The van der Waals surface area contributed by atoms with Gasteiger partial charge < -0.3 is 14.8 Å². The van der Waals surface area contributed by atoms with Crippen molar-refractivity contribution in [2.75, 3.05) is 20.0 Å². The third-order valence-electron chi connectivity index (χ3n) is 2.35. The maximum Gasteiger partial charge on any atom is 0.159 e. The molecule has 1 aliphatic rings. The van der Waals surface area contributed by atoms with Gasteiger partial charge in [0, 0.05) is 32.4 Å². The SMILES string of the molecule is CCC1CSC(CC(OC)OC)N1. The zero-order valence-corrected chi connectivity index (χ0v) is 9.39. The normalized spacial score (nSPS) is 28.6. The van der Waals surface area contributed by atoms with Gasteiger partial charge in [-0.3, -0.25) is 0 Å². The Kier molecular flexibility index (Phi) is 5.09. The molecule has 3 nitrogen and oxygen atoms in total. The van der Waals surface area contributed by atoms with Gasteiger partial charge in [-0.1, -0.05) is 6.92 Å². The summed E-state index contributed by atoms with van der Waals surface area (Å²) in [5.41, 5.74) is 0. The molecule has 78 valence electrons. The molecule has 13 heavy (non-hydrogen) atoms. The van der Waals surface area contributed by atoms with Gasteiger partial charge in [0.05, 0.1) is 5.37 Å². The Hall–Kier alpha value is 0.230. The number of ether oxygens (including phenoxy) is 2. The Morgan fingerprint density at radius 3 is 2.62 bits per heavy atom. The van der Waals surface area contributed by atoms with E-state index in [-0.39, 0.29) is 6.29 Å². The molecule has 0 bridgehead atoms. The monoisotopic (exact) mass is 205 g/mol. The third-order valence-corrected chi connectivity index (χ3v) is 3.67. The highest BCUT2D eigenvalue weighted by Crippen LogP contribution is 2.24. The Bertz CT molecular complexity index is 142. The number of hydrogen-bond donors (Lipinski definition) is 1. The van der Waals surface area contributed by atoms with Gasteiger partial charge in [0.25, 0.3) is 0 Å². The molecule has 0 aromatic rings. The van der Waals surface area contributed by atoms with Gasteiger partial charge in [0.15, 0.2) is 6.29 Å². The summed E-state index contributed by atoms with van der Waals surface area (Å²) in [5.74, 6) is 1.21. The summed E-state index contributed by atoms with van der Waals surface area (Å²) in [6.45, 7) is 2.21. The van der Waals surface area contributed by atoms with E-state index in [0.29, 0.717) is 11.4 Å². The zero-order chi connectivity index (χ0) is 9.68. The van der Waals surface area contributed by atoms with Crippen LogP contribution < -0.4 is 5.32 Å². The first kappa shape index (κ1) is 11.3. The van der Waals surface area contributed by atoms with Crippen molar-refractivity contribution >= 4 is 11.8 Å². The summed E-state index contributed by atoms with van der Waals surface area (Å²) < 4.78 is 10.3. The van der Waals surface area contributed by atoms with E-state index in [2.05, 4.69) is 12.2 Å². The van der Waals surface area contributed by atoms with Crippen molar-refractivity contribution in [1.82, 2.24) is 5.32 Å². The minimum Gasteiger partial charge on any atom is -0.356 e. The van der Waals surface area contributed by atoms with E-state index in [1.807, 2.05) is 11.8 Å². The van der Waals surface area contributed by atoms with Crippen LogP contribution in [0.5, 0.6) is 0 Å². The number of methoxy groups -OCH3 is 2. The van der Waals surface area contributed by atoms with Gasteiger partial charge in [-0.15, -0.1) is 11.8 Å². The number of hydrogen-bond acceptors (Lipinski definition) is 4. The van der Waals surface area contributed by atoms with Crippen LogP contribution in [0.1, 0.15) is 19.8 Å². The smallest absolute Gasteiger partial charge is 0.159 e. The molecule has 1 aliphatic heterocycles. The van der Waals surface area contributed by atoms with Crippen LogP contribution in [0.25, 0.3) is 0 Å². The van der Waals surface area contributed by atoms with Crippen LogP contribution >= 0.6 is 11.8 Å². The van der Waals surface area contributed by atoms with Crippen molar-refractivity contribution < 1.29 is 9.47 Å². The Morgan fingerprint density at radius 1 is 1.46 bits per heavy atom. The lowest BCUT2D eigenvalue weighted by Crippen LogP contribution is -2.32. The second-order valence-corrected chi connectivity index (χ2v) is 4.47. The molecule has 1 rings (SSSR count). The number of rotatable bonds is 5. The van der Waals surface area contributed by atoms with Crippen LogP contribution in [0, 0.1) is 0 Å². The van der Waals surface area contributed by atoms with Crippen molar-refractivity contribution in [3.05, 3.63) is 0 Å². The largest absolute Gasteiger partial charge is 0.356 e. The van der Waals surface area contributed by atoms with E-state index < -0.39 is 0 Å². The molecule has 1 saturated heterocycles. The van der Waals surface area contributed by atoms with E-state index in [4.69, 9.17) is 9.47 Å². The highest BCUT2D eigenvalue weighted by molar-refractivity contribution is 8.00. The second kappa shape index (κ2) is 5.86. The van der Waals surface area contributed by atoms with Crippen molar-refractivity contribution in [1.29, 1.82) is 0 Å². The molecule has 1 N–H and O–H groups in total. The van der Waals surface area contributed by atoms with Crippen molar-refractivity contribution in [3.63, 3.8) is 0 Å². The van der Waals surface area contributed by atoms with E-state index in [1.165, 1.54) is 12.2 Å². The summed E-state index contributed by atoms with van der Waals surface area (Å²) in [5, 5.41) is 4.04. The molecule has 0 saturated carbocycles. The van der Waals surface area contributed by atoms with Gasteiger partial charge in [-0.25, -0.2) is 0 Å². The fourth-order valence-corrected chi connectivity index (χ4v) is 2.81. The maximum atomic E-state index is 5.15. The van der Waals surface area contributed by atoms with Crippen molar-refractivity contribution in [2.45, 2.75) is 37.5 Å². The molecule has 2 unspecified atom stereocenters. The topological polar surface area (TPSA) is 30.5 Å². The first-order valence-electron chi connectivity index (χ1n) is 4.73. The minimum absolute atomic E-state index is 0.0689. The van der Waals surface area contributed by atoms with Crippen LogP contribution in [0.3, 0.4) is 0 Å². The molecule has 0 aromatic carbocycles. The molecule has 0 amide bonds. The molecular formula is C9H19NO2S. The fraction of sp³-hybridized carbons (Fsp3) is 1.00. The van der Waals surface area contributed by atoms with Gasteiger partial charge in [0.1, 0.15) is 0 Å². The van der Waals surface area contributed by atoms with Crippen molar-refractivity contribution in [3.8, 4) is 0 Å². The lowest BCUT2D eigenvalue weighted by Gasteiger charge is -2.18. The molecule has 1 fully saturated rings. The van der Waals surface area contributed by atoms with Crippen molar-refractivity contribution in [2.24, 2.45) is 0 Å². The molecular weight excluding hydrogens is 186 g/mol. The highest BCUT2D eigenvalue weighted by Gasteiger charge is 2.25. The summed E-state index contributed by atoms with van der Waals surface area (Å²) >= 11 is 1.96. The van der Waals surface area contributed by atoms with Crippen LogP contribution in [0.2, 0.25) is 0 Å². The summed E-state index contributed by atoms with van der Waals surface area (Å²) in [6.07, 6.45) is 2.06. The summed E-state index contributed by atoms with van der Waals surface area (Å²) in [4.78, 5) is 0. The quantitative estimate of drug-likeness (QED) is 0.688. The predicted molar refractivity (Wildman–Crippen MR) is 55.9 cm³/mol. The second-order valence-electron chi connectivity index (χ2n) is 3.23. The third kappa shape index (κ3) is 3.46. The lowest BCUT2D eigenvalue weighted by atomic mass is 10.2. The molecule has 2 atom stereocenters. The Balaban J connectivity index is 2.22. The van der Waals surface area contributed by atoms with E-state index in [9.17, 15) is 0 Å². The fourth-order valence-electron chi connectivity index (χ4n) is 1.43. The zero-order valence-electron chi connectivity index (χ0n) is 8.58. The van der Waals surface area contributed by atoms with Gasteiger partial charge in [0.2, 0.25) is 0 Å².